The lowest BCUT2D eigenvalue weighted by Crippen LogP contribution is -2.35. The number of carboxylic acids is 1. The normalized spacial score (nSPS) is 16.6. The predicted molar refractivity (Wildman–Crippen MR) is 80.0 cm³/mol. The van der Waals surface area contributed by atoms with Gasteiger partial charge in [0.05, 0.1) is 0 Å². The summed E-state index contributed by atoms with van der Waals surface area (Å²) in [6.07, 6.45) is 2.24. The van der Waals surface area contributed by atoms with E-state index in [-0.39, 0.29) is 11.9 Å². The van der Waals surface area contributed by atoms with Crippen LogP contribution < -0.4 is 4.74 Å². The lowest BCUT2D eigenvalue weighted by Gasteiger charge is -2.29. The highest BCUT2D eigenvalue weighted by molar-refractivity contribution is 5.85. The summed E-state index contributed by atoms with van der Waals surface area (Å²) >= 11 is 0. The van der Waals surface area contributed by atoms with Gasteiger partial charge in [-0.15, -0.1) is 0 Å². The van der Waals surface area contributed by atoms with Gasteiger partial charge in [-0.1, -0.05) is 17.3 Å². The highest BCUT2D eigenvalue weighted by Crippen LogP contribution is 2.25. The van der Waals surface area contributed by atoms with Crippen molar-refractivity contribution in [3.63, 3.8) is 0 Å². The largest absolute Gasteiger partial charge is 0.490 e. The molecule has 6 heteroatoms. The summed E-state index contributed by atoms with van der Waals surface area (Å²) in [5.74, 6) is -0.527. The van der Waals surface area contributed by atoms with E-state index in [4.69, 9.17) is 14.4 Å². The smallest absolute Gasteiger partial charge is 0.374 e. The molecule has 1 aliphatic rings. The Hall–Kier alpha value is -2.34. The second-order valence-electron chi connectivity index (χ2n) is 5.53. The molecule has 0 unspecified atom stereocenters. The van der Waals surface area contributed by atoms with E-state index in [1.807, 2.05) is 24.3 Å². The Labute approximate surface area is 128 Å². The van der Waals surface area contributed by atoms with Gasteiger partial charge in [0.15, 0.2) is 0 Å². The number of hydrogen-bond acceptors (Lipinski definition) is 5. The molecule has 0 bridgehead atoms. The van der Waals surface area contributed by atoms with E-state index >= 15 is 0 Å². The molecule has 6 nitrogen and oxygen atoms in total. The van der Waals surface area contributed by atoms with Gasteiger partial charge in [-0.2, -0.15) is 0 Å². The van der Waals surface area contributed by atoms with Crippen LogP contribution in [0.25, 0.3) is 11.3 Å². The van der Waals surface area contributed by atoms with Gasteiger partial charge in [0, 0.05) is 24.7 Å². The zero-order chi connectivity index (χ0) is 15.5. The molecule has 1 aliphatic heterocycles. The number of aromatic carboxylic acids is 1. The topological polar surface area (TPSA) is 75.8 Å². The number of nitrogens with zero attached hydrogens (tertiary/aromatic N) is 2. The van der Waals surface area contributed by atoms with Crippen LogP contribution in [0.1, 0.15) is 23.4 Å². The summed E-state index contributed by atoms with van der Waals surface area (Å²) in [5, 5.41) is 12.7. The van der Waals surface area contributed by atoms with Gasteiger partial charge in [-0.25, -0.2) is 4.79 Å². The third kappa shape index (κ3) is 3.28. The SMILES string of the molecule is CN1CCC(Oc2cccc(-c3cc(C(=O)O)on3)c2)CC1. The van der Waals surface area contributed by atoms with E-state index in [1.165, 1.54) is 6.07 Å². The fourth-order valence-corrected chi connectivity index (χ4v) is 2.54. The Morgan fingerprint density at radius 3 is 2.82 bits per heavy atom. The minimum atomic E-state index is -1.13. The standard InChI is InChI=1S/C16H18N2O4/c1-18-7-5-12(6-8-18)21-13-4-2-3-11(9-13)14-10-15(16(19)20)22-17-14/h2-4,9-10,12H,5-8H2,1H3,(H,19,20). The Balaban J connectivity index is 1.73. The van der Waals surface area contributed by atoms with E-state index in [1.54, 1.807) is 0 Å². The minimum absolute atomic E-state index is 0.170. The number of ether oxygens (including phenoxy) is 1. The third-order valence-corrected chi connectivity index (χ3v) is 3.82. The first-order valence-corrected chi connectivity index (χ1v) is 7.27. The number of rotatable bonds is 4. The lowest BCUT2D eigenvalue weighted by molar-refractivity contribution is 0.0652. The average Bonchev–Trinajstić information content (AvgIpc) is 3.00. The Morgan fingerprint density at radius 2 is 2.14 bits per heavy atom. The number of aromatic nitrogens is 1. The zero-order valence-electron chi connectivity index (χ0n) is 12.4. The molecule has 0 amide bonds. The maximum absolute atomic E-state index is 10.8. The molecule has 22 heavy (non-hydrogen) atoms. The van der Waals surface area contributed by atoms with Crippen LogP contribution in [0.3, 0.4) is 0 Å². The van der Waals surface area contributed by atoms with Crippen LogP contribution in [0, 0.1) is 0 Å². The first-order valence-electron chi connectivity index (χ1n) is 7.27. The number of benzene rings is 1. The van der Waals surface area contributed by atoms with Gasteiger partial charge >= 0.3 is 5.97 Å². The molecule has 0 spiro atoms. The Bertz CT molecular complexity index is 660. The van der Waals surface area contributed by atoms with Crippen molar-refractivity contribution in [3.8, 4) is 17.0 Å². The maximum Gasteiger partial charge on any atom is 0.374 e. The highest BCUT2D eigenvalue weighted by Gasteiger charge is 2.18. The van der Waals surface area contributed by atoms with Crippen LogP contribution in [-0.4, -0.2) is 47.4 Å². The molecule has 1 saturated heterocycles. The van der Waals surface area contributed by atoms with Crippen LogP contribution >= 0.6 is 0 Å². The molecular weight excluding hydrogens is 284 g/mol. The maximum atomic E-state index is 10.8. The number of piperidine rings is 1. The quantitative estimate of drug-likeness (QED) is 0.935. The third-order valence-electron chi connectivity index (χ3n) is 3.82. The molecule has 0 aliphatic carbocycles. The van der Waals surface area contributed by atoms with Crippen molar-refractivity contribution in [2.45, 2.75) is 18.9 Å². The monoisotopic (exact) mass is 302 g/mol. The van der Waals surface area contributed by atoms with Crippen molar-refractivity contribution in [1.29, 1.82) is 0 Å². The summed E-state index contributed by atoms with van der Waals surface area (Å²) in [7, 11) is 2.11. The lowest BCUT2D eigenvalue weighted by atomic mass is 10.1. The highest BCUT2D eigenvalue weighted by atomic mass is 16.5. The van der Waals surface area contributed by atoms with Gasteiger partial charge in [-0.3, -0.25) is 0 Å². The van der Waals surface area contributed by atoms with Crippen molar-refractivity contribution >= 4 is 5.97 Å². The number of likely N-dealkylation sites (tertiary alicyclic amines) is 1. The molecule has 1 N–H and O–H groups in total. The van der Waals surface area contributed by atoms with E-state index < -0.39 is 5.97 Å². The van der Waals surface area contributed by atoms with Crippen LogP contribution in [-0.2, 0) is 0 Å². The summed E-state index contributed by atoms with van der Waals surface area (Å²) < 4.78 is 10.8. The van der Waals surface area contributed by atoms with Crippen molar-refractivity contribution < 1.29 is 19.2 Å². The minimum Gasteiger partial charge on any atom is -0.490 e. The summed E-state index contributed by atoms with van der Waals surface area (Å²) in [6.45, 7) is 2.07. The van der Waals surface area contributed by atoms with Crippen LogP contribution in [0.4, 0.5) is 0 Å². The second-order valence-corrected chi connectivity index (χ2v) is 5.53. The molecule has 1 aromatic heterocycles. The van der Waals surface area contributed by atoms with E-state index in [2.05, 4.69) is 17.1 Å². The van der Waals surface area contributed by atoms with Gasteiger partial charge in [-0.05, 0) is 32.0 Å². The number of carboxylic acid groups (broad SMARTS) is 1. The summed E-state index contributed by atoms with van der Waals surface area (Å²) in [4.78, 5) is 13.1. The van der Waals surface area contributed by atoms with Crippen LogP contribution in [0.2, 0.25) is 0 Å². The Morgan fingerprint density at radius 1 is 1.36 bits per heavy atom. The molecule has 1 aromatic carbocycles. The fraction of sp³-hybridized carbons (Fsp3) is 0.375. The first-order chi connectivity index (χ1) is 10.6. The van der Waals surface area contributed by atoms with Crippen molar-refractivity contribution in [3.05, 3.63) is 36.1 Å². The van der Waals surface area contributed by atoms with Crippen molar-refractivity contribution in [2.75, 3.05) is 20.1 Å². The summed E-state index contributed by atoms with van der Waals surface area (Å²) in [6, 6.07) is 8.90. The predicted octanol–water partition coefficient (Wildman–Crippen LogP) is 2.51. The molecule has 0 radical (unpaired) electrons. The fourth-order valence-electron chi connectivity index (χ4n) is 2.54. The second kappa shape index (κ2) is 6.19. The van der Waals surface area contributed by atoms with Gasteiger partial charge in [0.25, 0.3) is 0 Å². The van der Waals surface area contributed by atoms with Crippen molar-refractivity contribution in [2.24, 2.45) is 0 Å². The molecule has 0 atom stereocenters. The molecule has 1 fully saturated rings. The van der Waals surface area contributed by atoms with Gasteiger partial charge < -0.3 is 19.3 Å². The molecule has 2 heterocycles. The van der Waals surface area contributed by atoms with E-state index in [0.717, 1.165) is 37.2 Å². The number of hydrogen-bond donors (Lipinski definition) is 1. The Kier molecular flexibility index (Phi) is 4.11. The van der Waals surface area contributed by atoms with E-state index in [9.17, 15) is 4.79 Å². The van der Waals surface area contributed by atoms with Gasteiger partial charge in [0.2, 0.25) is 5.76 Å². The first kappa shape index (κ1) is 14.6. The van der Waals surface area contributed by atoms with Gasteiger partial charge in [0.1, 0.15) is 17.5 Å². The number of carbonyl (C=O) groups is 1. The zero-order valence-corrected chi connectivity index (χ0v) is 12.4. The average molecular weight is 302 g/mol. The molecule has 116 valence electrons. The van der Waals surface area contributed by atoms with Crippen LogP contribution in [0.15, 0.2) is 34.9 Å². The van der Waals surface area contributed by atoms with Crippen molar-refractivity contribution in [1.82, 2.24) is 10.1 Å². The molecule has 3 rings (SSSR count). The molecular formula is C16H18N2O4. The summed E-state index contributed by atoms with van der Waals surface area (Å²) in [5.41, 5.74) is 1.27. The molecule has 2 aromatic rings. The van der Waals surface area contributed by atoms with Crippen LogP contribution in [0.5, 0.6) is 5.75 Å². The molecule has 0 saturated carbocycles. The van der Waals surface area contributed by atoms with E-state index in [0.29, 0.717) is 5.69 Å².